The molecule has 1 saturated heterocycles. The summed E-state index contributed by atoms with van der Waals surface area (Å²) in [6.07, 6.45) is 0.594. The quantitative estimate of drug-likeness (QED) is 0.943. The summed E-state index contributed by atoms with van der Waals surface area (Å²) >= 11 is 0. The number of piperazine rings is 1. The largest absolute Gasteiger partial charge is 0.369 e. The molecule has 0 spiro atoms. The van der Waals surface area contributed by atoms with Crippen molar-refractivity contribution in [1.29, 1.82) is 0 Å². The maximum atomic E-state index is 13.0. The standard InChI is InChI=1S/C16H20FN5/c1-12-9-14(20-16-18-10-13(17)11-19-16)3-4-15(12)22-7-5-21(2)6-8-22/h3-4,9-11H,5-8H2,1-2H3,(H,18,19,20)/i10D. The number of hydrogen-bond donors (Lipinski definition) is 1. The first-order chi connectivity index (χ1) is 11.0. The Balaban J connectivity index is 1.75. The lowest BCUT2D eigenvalue weighted by Gasteiger charge is -2.35. The fourth-order valence-corrected chi connectivity index (χ4v) is 2.61. The van der Waals surface area contributed by atoms with Crippen LogP contribution in [-0.4, -0.2) is 48.1 Å². The van der Waals surface area contributed by atoms with Gasteiger partial charge >= 0.3 is 0 Å². The third-order valence-electron chi connectivity index (χ3n) is 3.87. The van der Waals surface area contributed by atoms with Gasteiger partial charge in [0.2, 0.25) is 5.95 Å². The summed E-state index contributed by atoms with van der Waals surface area (Å²) in [6.45, 7) is 6.24. The first kappa shape index (κ1) is 13.5. The van der Waals surface area contributed by atoms with Crippen molar-refractivity contribution in [3.05, 3.63) is 41.9 Å². The molecule has 0 saturated carbocycles. The number of likely N-dealkylation sites (N-methyl/N-ethyl adjacent to an activating group) is 1. The molecule has 0 unspecified atom stereocenters. The van der Waals surface area contributed by atoms with Gasteiger partial charge in [0.25, 0.3) is 0 Å². The molecule has 6 heteroatoms. The third-order valence-corrected chi connectivity index (χ3v) is 3.87. The van der Waals surface area contributed by atoms with Crippen LogP contribution in [0.4, 0.5) is 21.7 Å². The van der Waals surface area contributed by atoms with Crippen LogP contribution in [0.25, 0.3) is 0 Å². The first-order valence-corrected chi connectivity index (χ1v) is 7.33. The fourth-order valence-electron chi connectivity index (χ4n) is 2.61. The highest BCUT2D eigenvalue weighted by Gasteiger charge is 2.15. The van der Waals surface area contributed by atoms with E-state index in [1.54, 1.807) is 0 Å². The number of aromatic nitrogens is 2. The van der Waals surface area contributed by atoms with Crippen LogP contribution in [0.15, 0.2) is 30.6 Å². The molecule has 0 bridgehead atoms. The van der Waals surface area contributed by atoms with Gasteiger partial charge in [0, 0.05) is 37.6 Å². The van der Waals surface area contributed by atoms with Crippen LogP contribution in [0.2, 0.25) is 0 Å². The Bertz CT molecular complexity index is 701. The SMILES string of the molecule is [2H]c1nc(Nc2ccc(N3CCN(C)CC3)c(C)c2)ncc1F. The average molecular weight is 302 g/mol. The normalized spacial score (nSPS) is 16.5. The Morgan fingerprint density at radius 3 is 2.68 bits per heavy atom. The van der Waals surface area contributed by atoms with Crippen LogP contribution >= 0.6 is 0 Å². The van der Waals surface area contributed by atoms with Crippen molar-refractivity contribution in [1.82, 2.24) is 14.9 Å². The van der Waals surface area contributed by atoms with Crippen LogP contribution < -0.4 is 10.2 Å². The van der Waals surface area contributed by atoms with Gasteiger partial charge < -0.3 is 15.1 Å². The van der Waals surface area contributed by atoms with Gasteiger partial charge in [-0.15, -0.1) is 0 Å². The molecule has 1 fully saturated rings. The van der Waals surface area contributed by atoms with Crippen molar-refractivity contribution in [3.8, 4) is 0 Å². The Hall–Kier alpha value is -2.21. The lowest BCUT2D eigenvalue weighted by atomic mass is 10.1. The maximum absolute atomic E-state index is 13.0. The van der Waals surface area contributed by atoms with E-state index in [-0.39, 0.29) is 5.95 Å². The van der Waals surface area contributed by atoms with Gasteiger partial charge in [-0.25, -0.2) is 14.4 Å². The monoisotopic (exact) mass is 302 g/mol. The van der Waals surface area contributed by atoms with E-state index in [0.29, 0.717) is 0 Å². The molecule has 116 valence electrons. The highest BCUT2D eigenvalue weighted by Crippen LogP contribution is 2.25. The summed E-state index contributed by atoms with van der Waals surface area (Å²) in [5, 5.41) is 3.01. The molecule has 22 heavy (non-hydrogen) atoms. The molecule has 0 atom stereocenters. The smallest absolute Gasteiger partial charge is 0.227 e. The van der Waals surface area contributed by atoms with E-state index in [9.17, 15) is 4.39 Å². The number of aryl methyl sites for hydroxylation is 1. The molecule has 1 aromatic carbocycles. The molecule has 0 amide bonds. The summed E-state index contributed by atoms with van der Waals surface area (Å²) in [5.41, 5.74) is 3.21. The van der Waals surface area contributed by atoms with Crippen molar-refractivity contribution in [3.63, 3.8) is 0 Å². The summed E-state index contributed by atoms with van der Waals surface area (Å²) in [4.78, 5) is 12.3. The maximum Gasteiger partial charge on any atom is 0.227 e. The summed E-state index contributed by atoms with van der Waals surface area (Å²) in [6, 6.07) is 6.05. The highest BCUT2D eigenvalue weighted by molar-refractivity contribution is 5.63. The molecule has 1 N–H and O–H groups in total. The number of rotatable bonds is 3. The predicted molar refractivity (Wildman–Crippen MR) is 86.2 cm³/mol. The molecule has 3 rings (SSSR count). The van der Waals surface area contributed by atoms with Gasteiger partial charge in [0.1, 0.15) is 0 Å². The number of nitrogens with zero attached hydrogens (tertiary/aromatic N) is 4. The molecular formula is C16H20FN5. The molecule has 1 aliphatic rings. The minimum absolute atomic E-state index is 0.225. The molecule has 0 radical (unpaired) electrons. The van der Waals surface area contributed by atoms with Gasteiger partial charge in [-0.2, -0.15) is 0 Å². The van der Waals surface area contributed by atoms with Crippen molar-refractivity contribution < 1.29 is 5.76 Å². The zero-order valence-electron chi connectivity index (χ0n) is 13.8. The molecule has 5 nitrogen and oxygen atoms in total. The number of nitrogens with one attached hydrogen (secondary N) is 1. The van der Waals surface area contributed by atoms with Crippen LogP contribution in [0.3, 0.4) is 0 Å². The fraction of sp³-hybridized carbons (Fsp3) is 0.375. The Morgan fingerprint density at radius 1 is 1.23 bits per heavy atom. The van der Waals surface area contributed by atoms with Crippen LogP contribution in [-0.2, 0) is 0 Å². The number of hydrogen-bond acceptors (Lipinski definition) is 5. The van der Waals surface area contributed by atoms with E-state index < -0.39 is 12.0 Å². The van der Waals surface area contributed by atoms with E-state index >= 15 is 0 Å². The Labute approximate surface area is 131 Å². The molecule has 2 aromatic rings. The lowest BCUT2D eigenvalue weighted by molar-refractivity contribution is 0.312. The Morgan fingerprint density at radius 2 is 2.00 bits per heavy atom. The summed E-state index contributed by atoms with van der Waals surface area (Å²) in [5.74, 6) is -0.500. The molecule has 1 aromatic heterocycles. The van der Waals surface area contributed by atoms with Crippen LogP contribution in [0.1, 0.15) is 6.93 Å². The van der Waals surface area contributed by atoms with E-state index in [2.05, 4.69) is 45.1 Å². The number of halogens is 1. The third kappa shape index (κ3) is 3.33. The second kappa shape index (κ2) is 6.27. The van der Waals surface area contributed by atoms with Gasteiger partial charge in [0.15, 0.2) is 5.82 Å². The van der Waals surface area contributed by atoms with E-state index in [4.69, 9.17) is 1.37 Å². The molecular weight excluding hydrogens is 281 g/mol. The van der Waals surface area contributed by atoms with E-state index in [0.717, 1.165) is 43.6 Å². The molecule has 0 aliphatic carbocycles. The van der Waals surface area contributed by atoms with E-state index in [1.165, 1.54) is 5.69 Å². The summed E-state index contributed by atoms with van der Waals surface area (Å²) in [7, 11) is 2.14. The van der Waals surface area contributed by atoms with E-state index in [1.807, 2.05) is 12.1 Å². The first-order valence-electron chi connectivity index (χ1n) is 7.83. The second-order valence-corrected chi connectivity index (χ2v) is 5.57. The average Bonchev–Trinajstić information content (AvgIpc) is 2.52. The number of benzene rings is 1. The van der Waals surface area contributed by atoms with Crippen molar-refractivity contribution in [2.45, 2.75) is 6.92 Å². The minimum Gasteiger partial charge on any atom is -0.369 e. The minimum atomic E-state index is -0.725. The molecule has 2 heterocycles. The van der Waals surface area contributed by atoms with Gasteiger partial charge in [-0.3, -0.25) is 0 Å². The zero-order chi connectivity index (χ0) is 16.4. The van der Waals surface area contributed by atoms with Crippen molar-refractivity contribution in [2.24, 2.45) is 0 Å². The summed E-state index contributed by atoms with van der Waals surface area (Å²) < 4.78 is 20.4. The van der Waals surface area contributed by atoms with Crippen LogP contribution in [0, 0.1) is 12.7 Å². The van der Waals surface area contributed by atoms with Crippen LogP contribution in [0.5, 0.6) is 0 Å². The van der Waals surface area contributed by atoms with Crippen molar-refractivity contribution >= 4 is 17.3 Å². The second-order valence-electron chi connectivity index (χ2n) is 5.57. The number of anilines is 3. The highest BCUT2D eigenvalue weighted by atomic mass is 19.1. The van der Waals surface area contributed by atoms with Gasteiger partial charge in [-0.1, -0.05) is 0 Å². The molecule has 1 aliphatic heterocycles. The Kier molecular flexibility index (Phi) is 3.84. The predicted octanol–water partition coefficient (Wildman–Crippen LogP) is 2.42. The topological polar surface area (TPSA) is 44.3 Å². The van der Waals surface area contributed by atoms with Gasteiger partial charge in [0.05, 0.1) is 13.7 Å². The zero-order valence-corrected chi connectivity index (χ0v) is 12.8. The lowest BCUT2D eigenvalue weighted by Crippen LogP contribution is -2.44. The van der Waals surface area contributed by atoms with Crippen molar-refractivity contribution in [2.75, 3.05) is 43.4 Å². The van der Waals surface area contributed by atoms with Gasteiger partial charge in [-0.05, 0) is 37.7 Å².